The molecule has 0 aliphatic carbocycles. The Hall–Kier alpha value is 0. The topological polar surface area (TPSA) is 0 Å². The van der Waals surface area contributed by atoms with Crippen LogP contribution in [-0.2, 0) is 0 Å². The number of hydrogen-bond donors (Lipinski definition) is 0. The lowest BCUT2D eigenvalue weighted by molar-refractivity contribution is 0.737. The quantitative estimate of drug-likeness (QED) is 0.469. The van der Waals surface area contributed by atoms with E-state index in [1.807, 2.05) is 27.7 Å². The van der Waals surface area contributed by atoms with Crippen molar-refractivity contribution in [3.05, 3.63) is 0 Å². The predicted octanol–water partition coefficient (Wildman–Crippen LogP) is 7.33. The van der Waals surface area contributed by atoms with E-state index in [0.717, 1.165) is 5.92 Å². The fraction of sp³-hybridized carbons (Fsp3) is 1.00. The van der Waals surface area contributed by atoms with Crippen molar-refractivity contribution < 1.29 is 0 Å². The van der Waals surface area contributed by atoms with Gasteiger partial charge in [-0.3, -0.25) is 0 Å². The van der Waals surface area contributed by atoms with E-state index in [1.54, 1.807) is 0 Å². The van der Waals surface area contributed by atoms with Crippen LogP contribution in [0.2, 0.25) is 0 Å². The first-order valence-electron chi connectivity index (χ1n) is 7.56. The molecule has 0 aliphatic heterocycles. The Balaban J connectivity index is -0.0000000334. The highest BCUT2D eigenvalue weighted by molar-refractivity contribution is 4.24. The van der Waals surface area contributed by atoms with Crippen molar-refractivity contribution in [3.8, 4) is 0 Å². The molecule has 0 heteroatoms. The zero-order valence-corrected chi connectivity index (χ0v) is 14.4. The molecule has 0 aromatic heterocycles. The minimum Gasteiger partial charge on any atom is -0.0683 e. The minimum absolute atomic E-state index is 0.833. The first-order chi connectivity index (χ1) is 7.56. The van der Waals surface area contributed by atoms with Crippen LogP contribution in [0.1, 0.15) is 102 Å². The molecule has 0 saturated heterocycles. The SMILES string of the molecule is CC.CC.CC(C)C.CCC.CCCCC. The Morgan fingerprint density at radius 1 is 0.625 bits per heavy atom. The molecule has 0 spiro atoms. The van der Waals surface area contributed by atoms with Crippen LogP contribution in [0.3, 0.4) is 0 Å². The number of rotatable bonds is 2. The first kappa shape index (κ1) is 29.8. The zero-order chi connectivity index (χ0) is 14.4. The van der Waals surface area contributed by atoms with Crippen molar-refractivity contribution in [2.24, 2.45) is 5.92 Å². The van der Waals surface area contributed by atoms with E-state index >= 15 is 0 Å². The third-order valence-corrected chi connectivity index (χ3v) is 0.707. The van der Waals surface area contributed by atoms with E-state index in [-0.39, 0.29) is 0 Å². The molecule has 0 atom stereocenters. The largest absolute Gasteiger partial charge is 0.0683 e. The maximum absolute atomic E-state index is 2.21. The fourth-order valence-electron chi connectivity index (χ4n) is 0.354. The molecular weight excluding hydrogens is 192 g/mol. The van der Waals surface area contributed by atoms with Gasteiger partial charge < -0.3 is 0 Å². The lowest BCUT2D eigenvalue weighted by atomic mass is 10.3. The van der Waals surface area contributed by atoms with Crippen LogP contribution < -0.4 is 0 Å². The van der Waals surface area contributed by atoms with Gasteiger partial charge in [-0.1, -0.05) is 102 Å². The van der Waals surface area contributed by atoms with Crippen molar-refractivity contribution in [2.45, 2.75) is 102 Å². The van der Waals surface area contributed by atoms with Crippen molar-refractivity contribution in [1.29, 1.82) is 0 Å². The highest BCUT2D eigenvalue weighted by Gasteiger charge is 1.68. The molecule has 0 aromatic carbocycles. The summed E-state index contributed by atoms with van der Waals surface area (Å²) in [6.45, 7) is 23.2. The highest BCUT2D eigenvalue weighted by atomic mass is 13.7. The summed E-state index contributed by atoms with van der Waals surface area (Å²) in [5.41, 5.74) is 0. The average Bonchev–Trinajstić information content (AvgIpc) is 2.25. The van der Waals surface area contributed by atoms with Gasteiger partial charge in [0.2, 0.25) is 0 Å². The molecule has 0 heterocycles. The van der Waals surface area contributed by atoms with E-state index in [9.17, 15) is 0 Å². The van der Waals surface area contributed by atoms with Crippen LogP contribution in [0.4, 0.5) is 0 Å². The van der Waals surface area contributed by atoms with Gasteiger partial charge in [-0.25, -0.2) is 0 Å². The molecule has 0 amide bonds. The molecule has 0 rings (SSSR count). The van der Waals surface area contributed by atoms with E-state index in [0.29, 0.717) is 0 Å². The third kappa shape index (κ3) is 592. The second-order valence-corrected chi connectivity index (χ2v) is 3.79. The molecule has 16 heavy (non-hydrogen) atoms. The van der Waals surface area contributed by atoms with Crippen LogP contribution in [0.5, 0.6) is 0 Å². The smallest absolute Gasteiger partial charge is 0.0500 e. The maximum atomic E-state index is 2.21. The van der Waals surface area contributed by atoms with E-state index in [2.05, 4.69) is 48.5 Å². The lowest BCUT2D eigenvalue weighted by Crippen LogP contribution is -1.66. The minimum atomic E-state index is 0.833. The van der Waals surface area contributed by atoms with Gasteiger partial charge in [-0.05, 0) is 5.92 Å². The summed E-state index contributed by atoms with van der Waals surface area (Å²) >= 11 is 0. The van der Waals surface area contributed by atoms with Gasteiger partial charge in [0, 0.05) is 0 Å². The molecule has 0 radical (unpaired) electrons. The molecule has 0 saturated carbocycles. The number of unbranched alkanes of at least 4 members (excludes halogenated alkanes) is 2. The van der Waals surface area contributed by atoms with Crippen molar-refractivity contribution >= 4 is 0 Å². The molecule has 0 aromatic rings. The van der Waals surface area contributed by atoms with Gasteiger partial charge in [0.25, 0.3) is 0 Å². The Morgan fingerprint density at radius 2 is 0.750 bits per heavy atom. The summed E-state index contributed by atoms with van der Waals surface area (Å²) in [4.78, 5) is 0. The van der Waals surface area contributed by atoms with Crippen LogP contribution in [0.25, 0.3) is 0 Å². The van der Waals surface area contributed by atoms with Crippen molar-refractivity contribution in [2.75, 3.05) is 0 Å². The maximum Gasteiger partial charge on any atom is -0.0500 e. The van der Waals surface area contributed by atoms with Gasteiger partial charge in [0.1, 0.15) is 0 Å². The van der Waals surface area contributed by atoms with E-state index < -0.39 is 0 Å². The second-order valence-electron chi connectivity index (χ2n) is 3.79. The molecule has 0 N–H and O–H groups in total. The molecule has 0 nitrogen and oxygen atoms in total. The van der Waals surface area contributed by atoms with Gasteiger partial charge in [-0.15, -0.1) is 0 Å². The van der Waals surface area contributed by atoms with E-state index in [1.165, 1.54) is 25.7 Å². The summed E-state index contributed by atoms with van der Waals surface area (Å²) in [7, 11) is 0. The summed E-state index contributed by atoms with van der Waals surface area (Å²) in [6, 6.07) is 0. The van der Waals surface area contributed by atoms with Crippen LogP contribution in [0.15, 0.2) is 0 Å². The molecule has 0 unspecified atom stereocenters. The van der Waals surface area contributed by atoms with Gasteiger partial charge >= 0.3 is 0 Å². The van der Waals surface area contributed by atoms with Crippen LogP contribution >= 0.6 is 0 Å². The Kier molecular flexibility index (Phi) is 112. The Bertz CT molecular complexity index is 32.5. The van der Waals surface area contributed by atoms with E-state index in [4.69, 9.17) is 0 Å². The van der Waals surface area contributed by atoms with Crippen molar-refractivity contribution in [3.63, 3.8) is 0 Å². The molecular formula is C16H42. The summed E-state index contributed by atoms with van der Waals surface area (Å²) < 4.78 is 0. The second kappa shape index (κ2) is 60.0. The predicted molar refractivity (Wildman–Crippen MR) is 84.4 cm³/mol. The molecule has 0 fully saturated rings. The molecule has 0 aliphatic rings. The summed E-state index contributed by atoms with van der Waals surface area (Å²) in [6.07, 6.45) is 5.33. The summed E-state index contributed by atoms with van der Waals surface area (Å²) in [5, 5.41) is 0. The lowest BCUT2D eigenvalue weighted by Gasteiger charge is -1.79. The normalized spacial score (nSPS) is 6.75. The van der Waals surface area contributed by atoms with Crippen LogP contribution in [0, 0.1) is 5.92 Å². The number of hydrogen-bond acceptors (Lipinski definition) is 0. The zero-order valence-electron chi connectivity index (χ0n) is 14.4. The third-order valence-electron chi connectivity index (χ3n) is 0.707. The molecule has 0 bridgehead atoms. The summed E-state index contributed by atoms with van der Waals surface area (Å²) in [5.74, 6) is 0.833. The highest BCUT2D eigenvalue weighted by Crippen LogP contribution is 1.88. The average molecular weight is 235 g/mol. The van der Waals surface area contributed by atoms with Gasteiger partial charge in [0.15, 0.2) is 0 Å². The Labute approximate surface area is 108 Å². The first-order valence-corrected chi connectivity index (χ1v) is 7.56. The monoisotopic (exact) mass is 234 g/mol. The fourth-order valence-corrected chi connectivity index (χ4v) is 0.354. The standard InChI is InChI=1S/C5H12.C4H10.C3H8.2C2H6/c1-3-5-4-2;1-4(2)3;1-3-2;2*1-2/h3-5H2,1-2H3;4H,1-3H3;3H2,1-2H3;2*1-2H3. The molecule has 106 valence electrons. The van der Waals surface area contributed by atoms with Crippen molar-refractivity contribution in [1.82, 2.24) is 0 Å². The van der Waals surface area contributed by atoms with Crippen LogP contribution in [-0.4, -0.2) is 0 Å². The Morgan fingerprint density at radius 3 is 0.750 bits per heavy atom. The van der Waals surface area contributed by atoms with Gasteiger partial charge in [0.05, 0.1) is 0 Å². The van der Waals surface area contributed by atoms with Gasteiger partial charge in [-0.2, -0.15) is 0 Å².